The number of carbonyl (C=O) groups is 3. The van der Waals surface area contributed by atoms with Crippen LogP contribution in [0.4, 0.5) is 8.78 Å². The van der Waals surface area contributed by atoms with E-state index in [1.807, 2.05) is 0 Å². The number of benzene rings is 1. The fraction of sp³-hybridized carbons (Fsp3) is 0.364. The first-order valence-corrected chi connectivity index (χ1v) is 10.6. The Balaban J connectivity index is 1.71. The molecule has 1 aromatic carbocycles. The maximum atomic E-state index is 12.8. The molecule has 2 heterocycles. The van der Waals surface area contributed by atoms with Crippen LogP contribution in [0.3, 0.4) is 0 Å². The Bertz CT molecular complexity index is 1040. The summed E-state index contributed by atoms with van der Waals surface area (Å²) in [6, 6.07) is 5.86. The summed E-state index contributed by atoms with van der Waals surface area (Å²) in [6.45, 7) is 3.38. The summed E-state index contributed by atoms with van der Waals surface area (Å²) >= 11 is 12.8. The Labute approximate surface area is 193 Å². The minimum absolute atomic E-state index is 0.104. The molecule has 170 valence electrons. The van der Waals surface area contributed by atoms with Crippen molar-refractivity contribution < 1.29 is 23.2 Å². The van der Waals surface area contributed by atoms with Gasteiger partial charge in [0.2, 0.25) is 17.7 Å². The van der Waals surface area contributed by atoms with Gasteiger partial charge in [-0.1, -0.05) is 23.2 Å². The van der Waals surface area contributed by atoms with E-state index in [9.17, 15) is 23.2 Å². The number of hydrogen-bond donors (Lipinski definition) is 2. The fourth-order valence-corrected chi connectivity index (χ4v) is 4.26. The van der Waals surface area contributed by atoms with Crippen LogP contribution in [0.25, 0.3) is 0 Å². The van der Waals surface area contributed by atoms with Crippen LogP contribution >= 0.6 is 23.2 Å². The van der Waals surface area contributed by atoms with Gasteiger partial charge in [-0.15, -0.1) is 0 Å². The molecule has 3 amide bonds. The van der Waals surface area contributed by atoms with Crippen molar-refractivity contribution in [2.45, 2.75) is 51.0 Å². The highest BCUT2D eigenvalue weighted by atomic mass is 35.5. The minimum atomic E-state index is -2.63. The number of carbonyl (C=O) groups excluding carboxylic acids is 3. The van der Waals surface area contributed by atoms with Crippen molar-refractivity contribution in [1.82, 2.24) is 15.6 Å². The van der Waals surface area contributed by atoms with Gasteiger partial charge in [0.25, 0.3) is 6.43 Å². The van der Waals surface area contributed by atoms with E-state index in [-0.39, 0.29) is 40.4 Å². The van der Waals surface area contributed by atoms with Crippen LogP contribution in [-0.2, 0) is 26.3 Å². The van der Waals surface area contributed by atoms with Crippen LogP contribution in [-0.4, -0.2) is 22.7 Å². The highest BCUT2D eigenvalue weighted by molar-refractivity contribution is 6.36. The predicted molar refractivity (Wildman–Crippen MR) is 116 cm³/mol. The molecule has 0 saturated carbocycles. The molecule has 1 unspecified atom stereocenters. The first-order valence-electron chi connectivity index (χ1n) is 9.85. The SMILES string of the molecule is CC(C)(C(=O)NCc1cc(Cl)c(C2CCC(=O)NC2=O)c(Cl)c1)c1ccc(C(F)F)cn1. The predicted octanol–water partition coefficient (Wildman–Crippen LogP) is 4.44. The van der Waals surface area contributed by atoms with Gasteiger partial charge in [0.1, 0.15) is 0 Å². The lowest BCUT2D eigenvalue weighted by molar-refractivity contribution is -0.134. The zero-order valence-corrected chi connectivity index (χ0v) is 18.9. The van der Waals surface area contributed by atoms with Crippen LogP contribution in [0.2, 0.25) is 10.0 Å². The lowest BCUT2D eigenvalue weighted by Crippen LogP contribution is -2.40. The molecule has 0 spiro atoms. The molecule has 1 aliphatic rings. The summed E-state index contributed by atoms with van der Waals surface area (Å²) in [5.41, 5.74) is 0.119. The second-order valence-corrected chi connectivity index (χ2v) is 8.88. The monoisotopic (exact) mass is 483 g/mol. The largest absolute Gasteiger partial charge is 0.351 e. The summed E-state index contributed by atoms with van der Waals surface area (Å²) in [6.07, 6.45) is -1.07. The van der Waals surface area contributed by atoms with Gasteiger partial charge in [-0.25, -0.2) is 8.78 Å². The van der Waals surface area contributed by atoms with Crippen molar-refractivity contribution in [1.29, 1.82) is 0 Å². The highest BCUT2D eigenvalue weighted by Crippen LogP contribution is 2.37. The van der Waals surface area contributed by atoms with Gasteiger partial charge in [0, 0.05) is 40.3 Å². The number of aromatic nitrogens is 1. The number of pyridine rings is 1. The quantitative estimate of drug-likeness (QED) is 0.594. The number of nitrogens with one attached hydrogen (secondary N) is 2. The van der Waals surface area contributed by atoms with Crippen molar-refractivity contribution >= 4 is 40.9 Å². The number of nitrogens with zero attached hydrogens (tertiary/aromatic N) is 1. The van der Waals surface area contributed by atoms with E-state index in [2.05, 4.69) is 15.6 Å². The summed E-state index contributed by atoms with van der Waals surface area (Å²) in [4.78, 5) is 40.3. The lowest BCUT2D eigenvalue weighted by atomic mass is 9.87. The molecular weight excluding hydrogens is 463 g/mol. The van der Waals surface area contributed by atoms with E-state index in [0.29, 0.717) is 23.2 Å². The number of halogens is 4. The smallest absolute Gasteiger partial charge is 0.265 e. The molecule has 2 N–H and O–H groups in total. The van der Waals surface area contributed by atoms with Crippen LogP contribution in [0, 0.1) is 0 Å². The van der Waals surface area contributed by atoms with Crippen molar-refractivity contribution in [3.05, 3.63) is 62.9 Å². The van der Waals surface area contributed by atoms with E-state index < -0.39 is 23.7 Å². The average Bonchev–Trinajstić information content (AvgIpc) is 2.73. The molecule has 0 radical (unpaired) electrons. The molecule has 1 aromatic heterocycles. The van der Waals surface area contributed by atoms with Gasteiger partial charge in [-0.05, 0) is 50.1 Å². The zero-order valence-electron chi connectivity index (χ0n) is 17.3. The number of alkyl halides is 2. The van der Waals surface area contributed by atoms with Crippen molar-refractivity contribution in [3.63, 3.8) is 0 Å². The second kappa shape index (κ2) is 9.50. The van der Waals surface area contributed by atoms with Crippen molar-refractivity contribution in [2.75, 3.05) is 0 Å². The Hall–Kier alpha value is -2.58. The molecule has 0 aliphatic carbocycles. The summed E-state index contributed by atoms with van der Waals surface area (Å²) in [7, 11) is 0. The Morgan fingerprint density at radius 3 is 2.44 bits per heavy atom. The molecular formula is C22H21Cl2F2N3O3. The molecule has 1 aliphatic heterocycles. The van der Waals surface area contributed by atoms with Gasteiger partial charge < -0.3 is 5.32 Å². The van der Waals surface area contributed by atoms with E-state index in [0.717, 1.165) is 6.20 Å². The maximum absolute atomic E-state index is 12.8. The Kier molecular flexibility index (Phi) is 7.15. The van der Waals surface area contributed by atoms with Gasteiger partial charge in [0.05, 0.1) is 17.0 Å². The van der Waals surface area contributed by atoms with Crippen LogP contribution in [0.1, 0.15) is 61.4 Å². The average molecular weight is 484 g/mol. The normalized spacial score (nSPS) is 16.8. The molecule has 6 nitrogen and oxygen atoms in total. The first kappa shape index (κ1) is 24.1. The Morgan fingerprint density at radius 2 is 1.91 bits per heavy atom. The summed E-state index contributed by atoms with van der Waals surface area (Å²) in [5, 5.41) is 5.58. The number of imide groups is 1. The fourth-order valence-electron chi connectivity index (χ4n) is 3.46. The van der Waals surface area contributed by atoms with E-state index >= 15 is 0 Å². The third kappa shape index (κ3) is 5.07. The topological polar surface area (TPSA) is 88.2 Å². The Morgan fingerprint density at radius 1 is 1.25 bits per heavy atom. The number of amides is 3. The third-order valence-electron chi connectivity index (χ3n) is 5.43. The molecule has 2 aromatic rings. The maximum Gasteiger partial charge on any atom is 0.265 e. The molecule has 3 rings (SSSR count). The van der Waals surface area contributed by atoms with Gasteiger partial charge in [0.15, 0.2) is 0 Å². The van der Waals surface area contributed by atoms with Crippen LogP contribution in [0.5, 0.6) is 0 Å². The van der Waals surface area contributed by atoms with Crippen molar-refractivity contribution in [2.24, 2.45) is 0 Å². The van der Waals surface area contributed by atoms with E-state index in [1.54, 1.807) is 26.0 Å². The molecule has 32 heavy (non-hydrogen) atoms. The second-order valence-electron chi connectivity index (χ2n) is 8.06. The minimum Gasteiger partial charge on any atom is -0.351 e. The van der Waals surface area contributed by atoms with E-state index in [4.69, 9.17) is 23.2 Å². The van der Waals surface area contributed by atoms with Gasteiger partial charge >= 0.3 is 0 Å². The van der Waals surface area contributed by atoms with E-state index in [1.165, 1.54) is 12.1 Å². The van der Waals surface area contributed by atoms with Crippen molar-refractivity contribution in [3.8, 4) is 0 Å². The molecule has 1 saturated heterocycles. The molecule has 1 atom stereocenters. The number of piperidine rings is 1. The van der Waals surface area contributed by atoms with Crippen LogP contribution in [0.15, 0.2) is 30.5 Å². The summed E-state index contributed by atoms with van der Waals surface area (Å²) < 4.78 is 25.5. The first-order chi connectivity index (χ1) is 15.0. The zero-order chi connectivity index (χ0) is 23.6. The number of hydrogen-bond acceptors (Lipinski definition) is 4. The van der Waals surface area contributed by atoms with Crippen LogP contribution < -0.4 is 10.6 Å². The lowest BCUT2D eigenvalue weighted by Gasteiger charge is -2.24. The van der Waals surface area contributed by atoms with Gasteiger partial charge in [-0.2, -0.15) is 0 Å². The van der Waals surface area contributed by atoms with Gasteiger partial charge in [-0.3, -0.25) is 24.7 Å². The molecule has 1 fully saturated rings. The molecule has 0 bridgehead atoms. The summed E-state index contributed by atoms with van der Waals surface area (Å²) in [5.74, 6) is -1.77. The highest BCUT2D eigenvalue weighted by Gasteiger charge is 2.33. The number of rotatable bonds is 6. The standard InChI is InChI=1S/C22H21Cl2F2N3O3/c1-22(2,16-5-3-12(10-27-16)19(25)26)21(32)28-9-11-7-14(23)18(15(24)8-11)13-4-6-17(30)29-20(13)31/h3,5,7-8,10,13,19H,4,6,9H2,1-2H3,(H,28,32)(H,29,30,31). The third-order valence-corrected chi connectivity index (χ3v) is 6.05. The molecule has 10 heteroatoms.